The van der Waals surface area contributed by atoms with Gasteiger partial charge in [-0.3, -0.25) is 14.4 Å². The van der Waals surface area contributed by atoms with Gasteiger partial charge in [0.05, 0.1) is 12.9 Å². The summed E-state index contributed by atoms with van der Waals surface area (Å²) in [6.45, 7) is 1.09. The summed E-state index contributed by atoms with van der Waals surface area (Å²) in [6.07, 6.45) is 3.03. The first-order valence-electron chi connectivity index (χ1n) is 7.69. The van der Waals surface area contributed by atoms with Crippen LogP contribution < -0.4 is 21.7 Å². The summed E-state index contributed by atoms with van der Waals surface area (Å²) in [5.41, 5.74) is 5.85. The van der Waals surface area contributed by atoms with Crippen LogP contribution in [0.1, 0.15) is 12.6 Å². The largest absolute Gasteiger partial charge is 0.480 e. The minimum absolute atomic E-state index is 0.100. The van der Waals surface area contributed by atoms with Crippen molar-refractivity contribution < 1.29 is 24.3 Å². The second kappa shape index (κ2) is 10.4. The minimum atomic E-state index is -1.24. The van der Waals surface area contributed by atoms with E-state index in [4.69, 9.17) is 10.8 Å². The molecule has 26 heavy (non-hydrogen) atoms. The molecule has 3 amide bonds. The number of aromatic nitrogens is 2. The highest BCUT2D eigenvalue weighted by molar-refractivity contribution is 7.80. The fourth-order valence-corrected chi connectivity index (χ4v) is 2.19. The maximum absolute atomic E-state index is 12.4. The minimum Gasteiger partial charge on any atom is -0.480 e. The maximum atomic E-state index is 12.4. The Balaban J connectivity index is 2.72. The normalized spacial score (nSPS) is 14.0. The fourth-order valence-electron chi connectivity index (χ4n) is 1.94. The molecule has 0 spiro atoms. The number of aliphatic carboxylic acids is 1. The number of carboxylic acid groups (broad SMARTS) is 1. The quantitative estimate of drug-likeness (QED) is 0.215. The van der Waals surface area contributed by atoms with Crippen LogP contribution in [0.15, 0.2) is 12.5 Å². The zero-order valence-corrected chi connectivity index (χ0v) is 15.0. The molecule has 7 N–H and O–H groups in total. The van der Waals surface area contributed by atoms with Crippen molar-refractivity contribution in [2.75, 3.05) is 12.3 Å². The summed E-state index contributed by atoms with van der Waals surface area (Å²) < 4.78 is 0. The van der Waals surface area contributed by atoms with Gasteiger partial charge in [0.25, 0.3) is 0 Å². The van der Waals surface area contributed by atoms with Crippen LogP contribution in [0.5, 0.6) is 0 Å². The molecule has 144 valence electrons. The highest BCUT2D eigenvalue weighted by atomic mass is 32.1. The van der Waals surface area contributed by atoms with Crippen molar-refractivity contribution in [3.8, 4) is 0 Å². The van der Waals surface area contributed by atoms with Crippen LogP contribution in [0.4, 0.5) is 0 Å². The van der Waals surface area contributed by atoms with Crippen molar-refractivity contribution in [2.45, 2.75) is 31.5 Å². The van der Waals surface area contributed by atoms with Crippen LogP contribution in [0, 0.1) is 0 Å². The molecule has 0 aliphatic rings. The number of carbonyl (C=O) groups is 4. The van der Waals surface area contributed by atoms with Gasteiger partial charge < -0.3 is 31.8 Å². The number of nitrogens with two attached hydrogens (primary N) is 1. The molecule has 0 aliphatic heterocycles. The van der Waals surface area contributed by atoms with Crippen molar-refractivity contribution in [1.82, 2.24) is 25.9 Å². The SMILES string of the molecule is CC(NC(=O)C(Cc1cnc[nH]1)NC(=O)CN)C(=O)NC(CS)C(=O)O. The average Bonchev–Trinajstić information content (AvgIpc) is 3.11. The highest BCUT2D eigenvalue weighted by Crippen LogP contribution is 2.00. The third-order valence-electron chi connectivity index (χ3n) is 3.37. The number of carboxylic acids is 1. The highest BCUT2D eigenvalue weighted by Gasteiger charge is 2.27. The number of hydrogen-bond acceptors (Lipinski definition) is 7. The van der Waals surface area contributed by atoms with E-state index in [1.54, 1.807) is 0 Å². The van der Waals surface area contributed by atoms with Crippen LogP contribution in [-0.2, 0) is 25.6 Å². The van der Waals surface area contributed by atoms with Gasteiger partial charge in [-0.05, 0) is 6.92 Å². The Morgan fingerprint density at radius 1 is 1.23 bits per heavy atom. The van der Waals surface area contributed by atoms with Gasteiger partial charge in [0, 0.05) is 24.1 Å². The molecule has 0 aromatic carbocycles. The van der Waals surface area contributed by atoms with Crippen LogP contribution in [0.25, 0.3) is 0 Å². The molecule has 3 atom stereocenters. The van der Waals surface area contributed by atoms with Gasteiger partial charge in [0.2, 0.25) is 17.7 Å². The van der Waals surface area contributed by atoms with E-state index >= 15 is 0 Å². The van der Waals surface area contributed by atoms with E-state index < -0.39 is 41.8 Å². The van der Waals surface area contributed by atoms with Crippen molar-refractivity contribution in [3.05, 3.63) is 18.2 Å². The molecule has 0 aliphatic carbocycles. The van der Waals surface area contributed by atoms with Gasteiger partial charge >= 0.3 is 5.97 Å². The van der Waals surface area contributed by atoms with Crippen LogP contribution in [-0.4, -0.2) is 69.2 Å². The van der Waals surface area contributed by atoms with Crippen molar-refractivity contribution in [1.29, 1.82) is 0 Å². The van der Waals surface area contributed by atoms with E-state index in [1.165, 1.54) is 19.4 Å². The molecule has 0 fully saturated rings. The molecule has 0 saturated heterocycles. The predicted molar refractivity (Wildman–Crippen MR) is 94.3 cm³/mol. The van der Waals surface area contributed by atoms with E-state index in [2.05, 4.69) is 38.5 Å². The van der Waals surface area contributed by atoms with Gasteiger partial charge in [-0.1, -0.05) is 0 Å². The van der Waals surface area contributed by atoms with E-state index in [0.29, 0.717) is 5.69 Å². The van der Waals surface area contributed by atoms with Gasteiger partial charge in [-0.25, -0.2) is 9.78 Å². The molecular formula is C14H22N6O5S. The topological polar surface area (TPSA) is 179 Å². The fraction of sp³-hybridized carbons (Fsp3) is 0.500. The number of thiol groups is 1. The van der Waals surface area contributed by atoms with Crippen molar-refractivity contribution >= 4 is 36.3 Å². The zero-order chi connectivity index (χ0) is 19.7. The summed E-state index contributed by atoms with van der Waals surface area (Å²) in [5.74, 6) is -3.19. The van der Waals surface area contributed by atoms with Crippen LogP contribution >= 0.6 is 12.6 Å². The second-order valence-corrected chi connectivity index (χ2v) is 5.78. The Morgan fingerprint density at radius 3 is 2.42 bits per heavy atom. The molecule has 11 nitrogen and oxygen atoms in total. The number of amides is 3. The molecule has 1 heterocycles. The van der Waals surface area contributed by atoms with E-state index in [1.807, 2.05) is 0 Å². The Morgan fingerprint density at radius 2 is 1.92 bits per heavy atom. The van der Waals surface area contributed by atoms with Gasteiger partial charge in [0.1, 0.15) is 18.1 Å². The third kappa shape index (κ3) is 6.72. The molecule has 1 aromatic heterocycles. The van der Waals surface area contributed by atoms with Crippen molar-refractivity contribution in [2.24, 2.45) is 5.73 Å². The molecule has 1 rings (SSSR count). The number of imidazole rings is 1. The van der Waals surface area contributed by atoms with Gasteiger partial charge in [-0.2, -0.15) is 12.6 Å². The lowest BCUT2D eigenvalue weighted by atomic mass is 10.1. The van der Waals surface area contributed by atoms with Gasteiger partial charge in [0.15, 0.2) is 0 Å². The number of carbonyl (C=O) groups excluding carboxylic acids is 3. The lowest BCUT2D eigenvalue weighted by Gasteiger charge is -2.21. The number of nitrogens with one attached hydrogen (secondary N) is 4. The summed E-state index contributed by atoms with van der Waals surface area (Å²) in [4.78, 5) is 53.5. The van der Waals surface area contributed by atoms with Crippen molar-refractivity contribution in [3.63, 3.8) is 0 Å². The molecule has 1 aromatic rings. The number of hydrogen-bond donors (Lipinski definition) is 7. The first kappa shape index (κ1) is 21.4. The van der Waals surface area contributed by atoms with Crippen LogP contribution in [0.2, 0.25) is 0 Å². The number of aromatic amines is 1. The van der Waals surface area contributed by atoms with E-state index in [9.17, 15) is 19.2 Å². The van der Waals surface area contributed by atoms with Gasteiger partial charge in [-0.15, -0.1) is 0 Å². The second-order valence-electron chi connectivity index (χ2n) is 5.42. The Kier molecular flexibility index (Phi) is 8.58. The number of rotatable bonds is 10. The molecule has 0 bridgehead atoms. The molecule has 0 radical (unpaired) electrons. The molecule has 3 unspecified atom stereocenters. The lowest BCUT2D eigenvalue weighted by molar-refractivity contribution is -0.141. The summed E-state index contributed by atoms with van der Waals surface area (Å²) in [5, 5.41) is 16.1. The zero-order valence-electron chi connectivity index (χ0n) is 14.1. The number of H-pyrrole nitrogens is 1. The first-order valence-corrected chi connectivity index (χ1v) is 8.32. The van der Waals surface area contributed by atoms with Crippen LogP contribution in [0.3, 0.4) is 0 Å². The Hall–Kier alpha value is -2.60. The summed E-state index contributed by atoms with van der Waals surface area (Å²) in [7, 11) is 0. The van der Waals surface area contributed by atoms with E-state index in [0.717, 1.165) is 0 Å². The molecule has 12 heteroatoms. The van der Waals surface area contributed by atoms with E-state index in [-0.39, 0.29) is 18.7 Å². The Labute approximate surface area is 154 Å². The first-order chi connectivity index (χ1) is 12.3. The monoisotopic (exact) mass is 386 g/mol. The predicted octanol–water partition coefficient (Wildman–Crippen LogP) is -2.60. The third-order valence-corrected chi connectivity index (χ3v) is 3.73. The smallest absolute Gasteiger partial charge is 0.327 e. The maximum Gasteiger partial charge on any atom is 0.327 e. The lowest BCUT2D eigenvalue weighted by Crippen LogP contribution is -2.56. The molecule has 0 saturated carbocycles. The average molecular weight is 386 g/mol. The standard InChI is InChI=1S/C14H22N6O5S/c1-7(12(22)20-10(5-26)14(24)25)18-13(23)9(19-11(21)3-15)2-8-4-16-6-17-8/h4,6-7,9-10,26H,2-3,5,15H2,1H3,(H,16,17)(H,18,23)(H,19,21)(H,20,22)(H,24,25). The summed E-state index contributed by atoms with van der Waals surface area (Å²) in [6, 6.07) is -3.19. The molecular weight excluding hydrogens is 364 g/mol. The summed E-state index contributed by atoms with van der Waals surface area (Å²) >= 11 is 3.85. The number of nitrogens with zero attached hydrogens (tertiary/aromatic N) is 1. The Bertz CT molecular complexity index is 638.